The van der Waals surface area contributed by atoms with E-state index in [0.29, 0.717) is 49.9 Å². The lowest BCUT2D eigenvalue weighted by atomic mass is 9.49. The van der Waals surface area contributed by atoms with Crippen LogP contribution >= 0.6 is 0 Å². The Labute approximate surface area is 178 Å². The molecule has 0 amide bonds. The van der Waals surface area contributed by atoms with Gasteiger partial charge in [0, 0.05) is 38.8 Å². The van der Waals surface area contributed by atoms with Gasteiger partial charge in [-0.3, -0.25) is 15.0 Å². The Bertz CT molecular complexity index is 801. The first kappa shape index (κ1) is 21.3. The highest BCUT2D eigenvalue weighted by atomic mass is 16.6. The van der Waals surface area contributed by atoms with Gasteiger partial charge in [0.1, 0.15) is 5.69 Å². The Morgan fingerprint density at radius 1 is 1.27 bits per heavy atom. The molecule has 1 saturated heterocycles. The van der Waals surface area contributed by atoms with Crippen molar-refractivity contribution in [3.05, 3.63) is 46.0 Å². The van der Waals surface area contributed by atoms with Crippen LogP contribution in [0.15, 0.2) is 35.9 Å². The van der Waals surface area contributed by atoms with E-state index >= 15 is 0 Å². The third-order valence-corrected chi connectivity index (χ3v) is 7.42. The molecule has 2 bridgehead atoms. The number of aliphatic hydroxyl groups is 1. The Hall–Kier alpha value is -1.96. The second-order valence-corrected chi connectivity index (χ2v) is 9.52. The Morgan fingerprint density at radius 3 is 2.67 bits per heavy atom. The van der Waals surface area contributed by atoms with Crippen LogP contribution in [0.25, 0.3) is 0 Å². The summed E-state index contributed by atoms with van der Waals surface area (Å²) in [6.07, 6.45) is 4.27. The Kier molecular flexibility index (Phi) is 6.14. The zero-order valence-electron chi connectivity index (χ0n) is 18.0. The quantitative estimate of drug-likeness (QED) is 0.399. The average molecular weight is 416 g/mol. The molecule has 1 aromatic carbocycles. The maximum atomic E-state index is 11.3. The standard InChI is InChI=1S/C23H33N3O4/c1-23(2)18-8-7-17(20(23)13-18)15-30-16-19(27)14-24-9-11-25(12-10-24)21-5-3-4-6-22(21)26(28)29/h3-7,18-20,27H,8-16H2,1-2H3. The van der Waals surface area contributed by atoms with Gasteiger partial charge in [0.15, 0.2) is 0 Å². The normalized spacial score (nSPS) is 26.6. The highest BCUT2D eigenvalue weighted by Gasteiger charge is 2.50. The van der Waals surface area contributed by atoms with Crippen LogP contribution in [0.4, 0.5) is 11.4 Å². The van der Waals surface area contributed by atoms with Crippen LogP contribution in [0.5, 0.6) is 0 Å². The molecule has 3 aliphatic carbocycles. The number of ether oxygens (including phenoxy) is 1. The topological polar surface area (TPSA) is 79.1 Å². The molecule has 1 saturated carbocycles. The summed E-state index contributed by atoms with van der Waals surface area (Å²) >= 11 is 0. The molecule has 5 rings (SSSR count). The summed E-state index contributed by atoms with van der Waals surface area (Å²) in [6, 6.07) is 6.89. The van der Waals surface area contributed by atoms with Crippen LogP contribution in [0, 0.1) is 27.4 Å². The molecule has 30 heavy (non-hydrogen) atoms. The first-order valence-electron chi connectivity index (χ1n) is 11.0. The summed E-state index contributed by atoms with van der Waals surface area (Å²) < 4.78 is 5.87. The molecule has 1 heterocycles. The van der Waals surface area contributed by atoms with Gasteiger partial charge in [-0.1, -0.05) is 32.1 Å². The molecular weight excluding hydrogens is 382 g/mol. The maximum absolute atomic E-state index is 11.3. The van der Waals surface area contributed by atoms with Crippen LogP contribution in [0.2, 0.25) is 0 Å². The number of allylic oxidation sites excluding steroid dienone is 1. The monoisotopic (exact) mass is 415 g/mol. The number of β-amino-alcohol motifs (C(OH)–C–C–N with tert-alkyl or cyclic N) is 1. The fourth-order valence-corrected chi connectivity index (χ4v) is 5.36. The van der Waals surface area contributed by atoms with E-state index in [0.717, 1.165) is 25.4 Å². The number of para-hydroxylation sites is 2. The molecule has 1 N–H and O–H groups in total. The van der Waals surface area contributed by atoms with E-state index in [2.05, 4.69) is 29.7 Å². The first-order chi connectivity index (χ1) is 14.4. The second-order valence-electron chi connectivity index (χ2n) is 9.52. The highest BCUT2D eigenvalue weighted by molar-refractivity contribution is 5.63. The van der Waals surface area contributed by atoms with Gasteiger partial charge in [-0.25, -0.2) is 0 Å². The minimum absolute atomic E-state index is 0.150. The summed E-state index contributed by atoms with van der Waals surface area (Å²) in [6.45, 7) is 9.22. The number of hydrogen-bond acceptors (Lipinski definition) is 6. The Balaban J connectivity index is 1.19. The van der Waals surface area contributed by atoms with Gasteiger partial charge < -0.3 is 14.7 Å². The van der Waals surface area contributed by atoms with Gasteiger partial charge >= 0.3 is 0 Å². The molecule has 3 atom stereocenters. The molecule has 1 aromatic rings. The molecule has 4 aliphatic rings. The lowest BCUT2D eigenvalue weighted by Gasteiger charge is -2.56. The molecular formula is C23H33N3O4. The lowest BCUT2D eigenvalue weighted by Crippen LogP contribution is -2.49. The molecule has 7 nitrogen and oxygen atoms in total. The van der Waals surface area contributed by atoms with Crippen LogP contribution in [-0.2, 0) is 4.74 Å². The summed E-state index contributed by atoms with van der Waals surface area (Å²) in [4.78, 5) is 15.2. The summed E-state index contributed by atoms with van der Waals surface area (Å²) in [7, 11) is 0. The third-order valence-electron chi connectivity index (χ3n) is 7.42. The molecule has 7 heteroatoms. The number of benzene rings is 1. The average Bonchev–Trinajstić information content (AvgIpc) is 2.74. The predicted molar refractivity (Wildman–Crippen MR) is 117 cm³/mol. The van der Waals surface area contributed by atoms with Gasteiger partial charge in [0.2, 0.25) is 0 Å². The van der Waals surface area contributed by atoms with E-state index in [9.17, 15) is 15.2 Å². The number of hydrogen-bond donors (Lipinski definition) is 1. The largest absolute Gasteiger partial charge is 0.389 e. The summed E-state index contributed by atoms with van der Waals surface area (Å²) in [5, 5.41) is 21.7. The van der Waals surface area contributed by atoms with E-state index in [1.165, 1.54) is 12.0 Å². The smallest absolute Gasteiger partial charge is 0.292 e. The van der Waals surface area contributed by atoms with Gasteiger partial charge in [-0.15, -0.1) is 0 Å². The fraction of sp³-hybridized carbons (Fsp3) is 0.652. The second kappa shape index (κ2) is 8.65. The van der Waals surface area contributed by atoms with E-state index < -0.39 is 6.10 Å². The van der Waals surface area contributed by atoms with Crippen LogP contribution in [-0.4, -0.2) is 67.0 Å². The van der Waals surface area contributed by atoms with Gasteiger partial charge in [0.05, 0.1) is 24.2 Å². The lowest BCUT2D eigenvalue weighted by molar-refractivity contribution is -0.384. The number of nitrogens with zero attached hydrogens (tertiary/aromatic N) is 3. The zero-order valence-corrected chi connectivity index (χ0v) is 18.0. The van der Waals surface area contributed by atoms with Crippen molar-refractivity contribution in [1.82, 2.24) is 4.90 Å². The van der Waals surface area contributed by atoms with E-state index in [1.807, 2.05) is 12.1 Å². The van der Waals surface area contributed by atoms with Crippen LogP contribution in [0.1, 0.15) is 26.7 Å². The fourth-order valence-electron chi connectivity index (χ4n) is 5.36. The third kappa shape index (κ3) is 4.24. The first-order valence-corrected chi connectivity index (χ1v) is 11.0. The minimum atomic E-state index is -0.519. The molecule has 0 radical (unpaired) electrons. The SMILES string of the molecule is CC1(C)C2CC=C(COCC(O)CN3CCN(c4ccccc4[N+](=O)[O-])CC3)C1C2. The number of piperazine rings is 1. The van der Waals surface area contributed by atoms with Crippen LogP contribution in [0.3, 0.4) is 0 Å². The number of nitro benzene ring substituents is 1. The minimum Gasteiger partial charge on any atom is -0.389 e. The molecule has 0 aromatic heterocycles. The summed E-state index contributed by atoms with van der Waals surface area (Å²) in [5.74, 6) is 1.47. The van der Waals surface area contributed by atoms with Crippen molar-refractivity contribution < 1.29 is 14.8 Å². The van der Waals surface area contributed by atoms with Crippen molar-refractivity contribution in [3.8, 4) is 0 Å². The van der Waals surface area contributed by atoms with Crippen molar-refractivity contribution in [1.29, 1.82) is 0 Å². The highest BCUT2D eigenvalue weighted by Crippen LogP contribution is 2.59. The van der Waals surface area contributed by atoms with E-state index in [4.69, 9.17) is 4.74 Å². The van der Waals surface area contributed by atoms with Crippen molar-refractivity contribution in [2.75, 3.05) is 50.8 Å². The van der Waals surface area contributed by atoms with Gasteiger partial charge in [-0.2, -0.15) is 0 Å². The molecule has 164 valence electrons. The van der Waals surface area contributed by atoms with Crippen molar-refractivity contribution in [2.24, 2.45) is 17.3 Å². The number of anilines is 1. The number of nitro groups is 1. The van der Waals surface area contributed by atoms with Crippen molar-refractivity contribution >= 4 is 11.4 Å². The molecule has 3 unspecified atom stereocenters. The maximum Gasteiger partial charge on any atom is 0.292 e. The Morgan fingerprint density at radius 2 is 2.00 bits per heavy atom. The van der Waals surface area contributed by atoms with Gasteiger partial charge in [-0.05, 0) is 41.7 Å². The van der Waals surface area contributed by atoms with Gasteiger partial charge in [0.25, 0.3) is 5.69 Å². The zero-order chi connectivity index (χ0) is 21.3. The molecule has 0 spiro atoms. The number of aliphatic hydroxyl groups excluding tert-OH is 1. The molecule has 2 fully saturated rings. The summed E-state index contributed by atoms with van der Waals surface area (Å²) in [5.41, 5.74) is 2.64. The number of rotatable bonds is 8. The van der Waals surface area contributed by atoms with Crippen molar-refractivity contribution in [3.63, 3.8) is 0 Å². The number of fused-ring (bicyclic) bond motifs is 1. The van der Waals surface area contributed by atoms with E-state index in [1.54, 1.807) is 12.1 Å². The predicted octanol–water partition coefficient (Wildman–Crippen LogP) is 3.09. The van der Waals surface area contributed by atoms with Crippen molar-refractivity contribution in [2.45, 2.75) is 32.8 Å². The van der Waals surface area contributed by atoms with E-state index in [-0.39, 0.29) is 10.6 Å². The molecule has 1 aliphatic heterocycles. The van der Waals surface area contributed by atoms with Crippen LogP contribution < -0.4 is 4.90 Å².